The normalized spacial score (nSPS) is 10.3. The first kappa shape index (κ1) is 14.1. The fourth-order valence-electron chi connectivity index (χ4n) is 1.77. The summed E-state index contributed by atoms with van der Waals surface area (Å²) in [7, 11) is 0. The molecule has 0 aliphatic heterocycles. The standard InChI is InChI=1S/C13H12ClN3O3/c1-8-11(6-15-16-8)13(20)17(7-12(18)19)10-4-2-3-9(14)5-10/h2-6H,7H2,1H3,(H,15,16)(H,18,19). The number of anilines is 1. The second kappa shape index (κ2) is 5.75. The van der Waals surface area contributed by atoms with Crippen molar-refractivity contribution in [1.82, 2.24) is 10.2 Å². The molecule has 1 amide bonds. The Hall–Kier alpha value is -2.34. The van der Waals surface area contributed by atoms with Gasteiger partial charge in [-0.15, -0.1) is 0 Å². The number of carboxylic acids is 1. The molecule has 104 valence electrons. The predicted octanol–water partition coefficient (Wildman–Crippen LogP) is 2.10. The molecule has 6 nitrogen and oxygen atoms in total. The number of carbonyl (C=O) groups is 2. The molecule has 1 aromatic heterocycles. The molecular weight excluding hydrogens is 282 g/mol. The quantitative estimate of drug-likeness (QED) is 0.904. The van der Waals surface area contributed by atoms with Crippen LogP contribution >= 0.6 is 11.6 Å². The van der Waals surface area contributed by atoms with Crippen molar-refractivity contribution >= 4 is 29.2 Å². The summed E-state index contributed by atoms with van der Waals surface area (Å²) in [6.45, 7) is 1.24. The molecule has 1 heterocycles. The molecule has 0 aliphatic carbocycles. The number of carbonyl (C=O) groups excluding carboxylic acids is 1. The molecule has 0 unspecified atom stereocenters. The van der Waals surface area contributed by atoms with E-state index in [9.17, 15) is 9.59 Å². The molecule has 20 heavy (non-hydrogen) atoms. The van der Waals surface area contributed by atoms with E-state index in [1.165, 1.54) is 12.3 Å². The van der Waals surface area contributed by atoms with Crippen LogP contribution in [0.15, 0.2) is 30.5 Å². The van der Waals surface area contributed by atoms with Crippen molar-refractivity contribution in [1.29, 1.82) is 0 Å². The molecule has 0 fully saturated rings. The van der Waals surface area contributed by atoms with Gasteiger partial charge in [0.05, 0.1) is 11.8 Å². The lowest BCUT2D eigenvalue weighted by molar-refractivity contribution is -0.135. The van der Waals surface area contributed by atoms with Gasteiger partial charge < -0.3 is 5.11 Å². The number of nitrogens with one attached hydrogen (secondary N) is 1. The number of aryl methyl sites for hydroxylation is 1. The van der Waals surface area contributed by atoms with Gasteiger partial charge in [-0.05, 0) is 25.1 Å². The maximum atomic E-state index is 12.4. The first-order valence-corrected chi connectivity index (χ1v) is 6.16. The Bertz CT molecular complexity index is 654. The summed E-state index contributed by atoms with van der Waals surface area (Å²) >= 11 is 5.88. The van der Waals surface area contributed by atoms with Gasteiger partial charge in [-0.2, -0.15) is 5.10 Å². The van der Waals surface area contributed by atoms with Gasteiger partial charge in [-0.3, -0.25) is 19.6 Å². The van der Waals surface area contributed by atoms with Gasteiger partial charge in [0.1, 0.15) is 6.54 Å². The Morgan fingerprint density at radius 2 is 2.20 bits per heavy atom. The zero-order chi connectivity index (χ0) is 14.7. The van der Waals surface area contributed by atoms with Crippen molar-refractivity contribution in [2.45, 2.75) is 6.92 Å². The first-order valence-electron chi connectivity index (χ1n) is 5.78. The first-order chi connectivity index (χ1) is 9.49. The maximum Gasteiger partial charge on any atom is 0.323 e. The van der Waals surface area contributed by atoms with Crippen LogP contribution in [-0.4, -0.2) is 33.7 Å². The Labute approximate surface area is 120 Å². The highest BCUT2D eigenvalue weighted by molar-refractivity contribution is 6.31. The SMILES string of the molecule is Cc1[nH]ncc1C(=O)N(CC(=O)O)c1cccc(Cl)c1. The lowest BCUT2D eigenvalue weighted by atomic mass is 10.2. The highest BCUT2D eigenvalue weighted by Crippen LogP contribution is 2.21. The van der Waals surface area contributed by atoms with Crippen LogP contribution in [0.5, 0.6) is 0 Å². The third-order valence-corrected chi connectivity index (χ3v) is 2.95. The molecule has 7 heteroatoms. The molecule has 0 saturated heterocycles. The van der Waals surface area contributed by atoms with E-state index in [-0.39, 0.29) is 0 Å². The van der Waals surface area contributed by atoms with Gasteiger partial charge in [0.2, 0.25) is 0 Å². The van der Waals surface area contributed by atoms with Crippen LogP contribution in [0.3, 0.4) is 0 Å². The highest BCUT2D eigenvalue weighted by atomic mass is 35.5. The summed E-state index contributed by atoms with van der Waals surface area (Å²) in [5.41, 5.74) is 1.32. The molecule has 0 saturated carbocycles. The minimum atomic E-state index is -1.11. The number of amides is 1. The van der Waals surface area contributed by atoms with Crippen LogP contribution < -0.4 is 4.90 Å². The number of aromatic amines is 1. The van der Waals surface area contributed by atoms with Crippen molar-refractivity contribution in [3.05, 3.63) is 46.7 Å². The molecule has 0 bridgehead atoms. The molecule has 0 aliphatic rings. The summed E-state index contributed by atoms with van der Waals surface area (Å²) in [6.07, 6.45) is 1.37. The topological polar surface area (TPSA) is 86.3 Å². The summed E-state index contributed by atoms with van der Waals surface area (Å²) in [4.78, 5) is 24.6. The van der Waals surface area contributed by atoms with Crippen LogP contribution in [0.4, 0.5) is 5.69 Å². The number of hydrogen-bond acceptors (Lipinski definition) is 3. The van der Waals surface area contributed by atoms with Gasteiger partial charge in [0, 0.05) is 16.4 Å². The number of rotatable bonds is 4. The molecule has 1 aromatic carbocycles. The summed E-state index contributed by atoms with van der Waals surface area (Å²) in [5, 5.41) is 15.8. The lowest BCUT2D eigenvalue weighted by Gasteiger charge is -2.20. The van der Waals surface area contributed by atoms with E-state index >= 15 is 0 Å². The van der Waals surface area contributed by atoms with E-state index in [0.717, 1.165) is 4.90 Å². The molecule has 0 radical (unpaired) electrons. The highest BCUT2D eigenvalue weighted by Gasteiger charge is 2.23. The Kier molecular flexibility index (Phi) is 4.05. The number of nitrogens with zero attached hydrogens (tertiary/aromatic N) is 2. The average molecular weight is 294 g/mol. The molecular formula is C13H12ClN3O3. The Balaban J connectivity index is 2.40. The number of carboxylic acid groups (broad SMARTS) is 1. The van der Waals surface area contributed by atoms with E-state index in [1.807, 2.05) is 0 Å². The molecule has 2 rings (SSSR count). The zero-order valence-corrected chi connectivity index (χ0v) is 11.4. The number of halogens is 1. The van der Waals surface area contributed by atoms with Gasteiger partial charge in [0.25, 0.3) is 5.91 Å². The summed E-state index contributed by atoms with van der Waals surface area (Å²) < 4.78 is 0. The zero-order valence-electron chi connectivity index (χ0n) is 10.6. The van der Waals surface area contributed by atoms with Crippen molar-refractivity contribution < 1.29 is 14.7 Å². The van der Waals surface area contributed by atoms with Crippen LogP contribution in [0.2, 0.25) is 5.02 Å². The molecule has 2 aromatic rings. The Morgan fingerprint density at radius 1 is 1.45 bits per heavy atom. The van der Waals surface area contributed by atoms with E-state index < -0.39 is 18.4 Å². The average Bonchev–Trinajstić information content (AvgIpc) is 2.81. The largest absolute Gasteiger partial charge is 0.480 e. The van der Waals surface area contributed by atoms with Crippen LogP contribution in [0, 0.1) is 6.92 Å². The van der Waals surface area contributed by atoms with E-state index in [0.29, 0.717) is 22.0 Å². The van der Waals surface area contributed by atoms with Gasteiger partial charge in [-0.1, -0.05) is 17.7 Å². The summed E-state index contributed by atoms with van der Waals surface area (Å²) in [6, 6.07) is 6.47. The van der Waals surface area contributed by atoms with Crippen molar-refractivity contribution in [2.75, 3.05) is 11.4 Å². The predicted molar refractivity (Wildman–Crippen MR) is 74.1 cm³/mol. The smallest absolute Gasteiger partial charge is 0.323 e. The minimum absolute atomic E-state index is 0.325. The van der Waals surface area contributed by atoms with E-state index in [2.05, 4.69) is 10.2 Å². The fourth-order valence-corrected chi connectivity index (χ4v) is 1.96. The molecule has 2 N–H and O–H groups in total. The van der Waals surface area contributed by atoms with Gasteiger partial charge in [-0.25, -0.2) is 0 Å². The van der Waals surface area contributed by atoms with Crippen LogP contribution in [-0.2, 0) is 4.79 Å². The minimum Gasteiger partial charge on any atom is -0.480 e. The van der Waals surface area contributed by atoms with Crippen molar-refractivity contribution in [2.24, 2.45) is 0 Å². The van der Waals surface area contributed by atoms with E-state index in [1.54, 1.807) is 25.1 Å². The van der Waals surface area contributed by atoms with Gasteiger partial charge >= 0.3 is 5.97 Å². The van der Waals surface area contributed by atoms with Crippen molar-refractivity contribution in [3.8, 4) is 0 Å². The number of aromatic nitrogens is 2. The Morgan fingerprint density at radius 3 is 2.75 bits per heavy atom. The second-order valence-corrected chi connectivity index (χ2v) is 4.61. The third-order valence-electron chi connectivity index (χ3n) is 2.72. The third kappa shape index (κ3) is 2.97. The fraction of sp³-hybridized carbons (Fsp3) is 0.154. The number of hydrogen-bond donors (Lipinski definition) is 2. The number of H-pyrrole nitrogens is 1. The van der Waals surface area contributed by atoms with Crippen LogP contribution in [0.25, 0.3) is 0 Å². The number of benzene rings is 1. The van der Waals surface area contributed by atoms with Crippen molar-refractivity contribution in [3.63, 3.8) is 0 Å². The monoisotopic (exact) mass is 293 g/mol. The molecule has 0 atom stereocenters. The molecule has 0 spiro atoms. The van der Waals surface area contributed by atoms with E-state index in [4.69, 9.17) is 16.7 Å². The van der Waals surface area contributed by atoms with Gasteiger partial charge in [0.15, 0.2) is 0 Å². The lowest BCUT2D eigenvalue weighted by Crippen LogP contribution is -2.35. The number of aliphatic carboxylic acids is 1. The second-order valence-electron chi connectivity index (χ2n) is 4.17. The summed E-state index contributed by atoms with van der Waals surface area (Å²) in [5.74, 6) is -1.56. The maximum absolute atomic E-state index is 12.4. The van der Waals surface area contributed by atoms with Crippen LogP contribution in [0.1, 0.15) is 16.1 Å².